The summed E-state index contributed by atoms with van der Waals surface area (Å²) in [5.74, 6) is 1.22. The maximum atomic E-state index is 13.9. The van der Waals surface area contributed by atoms with Crippen LogP contribution in [0.2, 0.25) is 0 Å². The molecule has 31 heavy (non-hydrogen) atoms. The highest BCUT2D eigenvalue weighted by Crippen LogP contribution is 2.20. The molecule has 1 unspecified atom stereocenters. The fraction of sp³-hybridized carbons (Fsp3) is 0.435. The van der Waals surface area contributed by atoms with E-state index >= 15 is 0 Å². The van der Waals surface area contributed by atoms with Crippen molar-refractivity contribution in [2.24, 2.45) is 4.99 Å². The Balaban J connectivity index is 1.39. The average molecular weight is 447 g/mol. The normalized spacial score (nSPS) is 16.7. The van der Waals surface area contributed by atoms with Gasteiger partial charge in [-0.1, -0.05) is 24.3 Å². The lowest BCUT2D eigenvalue weighted by Crippen LogP contribution is -2.49. The Morgan fingerprint density at radius 1 is 1.23 bits per heavy atom. The molecule has 2 aromatic rings. The van der Waals surface area contributed by atoms with Crippen molar-refractivity contribution in [2.75, 3.05) is 39.5 Å². The summed E-state index contributed by atoms with van der Waals surface area (Å²) in [6.45, 7) is 3.18. The Hall–Kier alpha value is -2.45. The Morgan fingerprint density at radius 2 is 1.97 bits per heavy atom. The lowest BCUT2D eigenvalue weighted by Gasteiger charge is -2.33. The van der Waals surface area contributed by atoms with Gasteiger partial charge >= 0.3 is 0 Å². The SMILES string of the molecule is CN=C(NCCS(=O)c1ccccc1)NC1CCN(Cc2ccc(OC)c(F)c2)CC1. The number of ether oxygens (including phenoxy) is 1. The van der Waals surface area contributed by atoms with E-state index in [9.17, 15) is 8.60 Å². The van der Waals surface area contributed by atoms with Crippen LogP contribution in [0.1, 0.15) is 18.4 Å². The number of aliphatic imine (C=N–C) groups is 1. The molecule has 3 rings (SSSR count). The number of piperidine rings is 1. The summed E-state index contributed by atoms with van der Waals surface area (Å²) in [5, 5.41) is 6.73. The first-order valence-corrected chi connectivity index (χ1v) is 11.9. The number of nitrogens with zero attached hydrogens (tertiary/aromatic N) is 2. The zero-order chi connectivity index (χ0) is 22.1. The van der Waals surface area contributed by atoms with Gasteiger partial charge in [-0.3, -0.25) is 14.1 Å². The molecule has 0 aliphatic carbocycles. The third kappa shape index (κ3) is 7.04. The first-order chi connectivity index (χ1) is 15.1. The molecular weight excluding hydrogens is 415 g/mol. The van der Waals surface area contributed by atoms with Gasteiger partial charge in [0.2, 0.25) is 0 Å². The van der Waals surface area contributed by atoms with Crippen molar-refractivity contribution in [1.82, 2.24) is 15.5 Å². The van der Waals surface area contributed by atoms with Crippen molar-refractivity contribution >= 4 is 16.8 Å². The molecule has 0 radical (unpaired) electrons. The van der Waals surface area contributed by atoms with Crippen LogP contribution in [-0.2, 0) is 17.3 Å². The van der Waals surface area contributed by atoms with Gasteiger partial charge < -0.3 is 15.4 Å². The molecule has 0 aromatic heterocycles. The van der Waals surface area contributed by atoms with E-state index in [1.54, 1.807) is 19.2 Å². The maximum absolute atomic E-state index is 13.9. The Bertz CT molecular complexity index is 886. The van der Waals surface area contributed by atoms with Crippen LogP contribution >= 0.6 is 0 Å². The summed E-state index contributed by atoms with van der Waals surface area (Å²) in [6.07, 6.45) is 1.96. The molecular formula is C23H31FN4O2S. The lowest BCUT2D eigenvalue weighted by molar-refractivity contribution is 0.198. The smallest absolute Gasteiger partial charge is 0.191 e. The molecule has 1 saturated heterocycles. The van der Waals surface area contributed by atoms with Crippen molar-refractivity contribution in [3.63, 3.8) is 0 Å². The molecule has 1 aliphatic rings. The van der Waals surface area contributed by atoms with E-state index in [1.807, 2.05) is 36.4 Å². The van der Waals surface area contributed by atoms with E-state index in [0.29, 0.717) is 18.3 Å². The zero-order valence-electron chi connectivity index (χ0n) is 18.1. The molecule has 0 bridgehead atoms. The fourth-order valence-corrected chi connectivity index (χ4v) is 4.63. The van der Waals surface area contributed by atoms with Crippen LogP contribution in [0.4, 0.5) is 4.39 Å². The van der Waals surface area contributed by atoms with Crippen molar-refractivity contribution in [2.45, 2.75) is 30.3 Å². The molecule has 8 heteroatoms. The molecule has 168 valence electrons. The van der Waals surface area contributed by atoms with Crippen LogP contribution in [0.5, 0.6) is 5.75 Å². The summed E-state index contributed by atoms with van der Waals surface area (Å²) in [5.41, 5.74) is 0.952. The topological polar surface area (TPSA) is 66.0 Å². The molecule has 0 amide bonds. The van der Waals surface area contributed by atoms with Gasteiger partial charge in [-0.2, -0.15) is 0 Å². The molecule has 6 nitrogen and oxygen atoms in total. The van der Waals surface area contributed by atoms with Crippen LogP contribution in [-0.4, -0.2) is 60.7 Å². The van der Waals surface area contributed by atoms with Gasteiger partial charge in [0.05, 0.1) is 17.9 Å². The Kier molecular flexibility index (Phi) is 8.85. The predicted octanol–water partition coefficient (Wildman–Crippen LogP) is 2.77. The van der Waals surface area contributed by atoms with Gasteiger partial charge in [-0.15, -0.1) is 0 Å². The highest BCUT2D eigenvalue weighted by atomic mass is 32.2. The minimum atomic E-state index is -1.02. The number of hydrogen-bond donors (Lipinski definition) is 2. The number of methoxy groups -OCH3 is 1. The van der Waals surface area contributed by atoms with Gasteiger partial charge in [0.25, 0.3) is 0 Å². The highest BCUT2D eigenvalue weighted by Gasteiger charge is 2.20. The van der Waals surface area contributed by atoms with Gasteiger partial charge in [0.15, 0.2) is 17.5 Å². The number of halogens is 1. The van der Waals surface area contributed by atoms with Crippen LogP contribution in [0.3, 0.4) is 0 Å². The van der Waals surface area contributed by atoms with Crippen LogP contribution in [0.15, 0.2) is 58.4 Å². The van der Waals surface area contributed by atoms with Crippen LogP contribution in [0, 0.1) is 5.82 Å². The molecule has 1 heterocycles. The first kappa shape index (κ1) is 23.2. The number of nitrogens with one attached hydrogen (secondary N) is 2. The summed E-state index contributed by atoms with van der Waals surface area (Å²) in [6, 6.07) is 15.0. The quantitative estimate of drug-likeness (QED) is 0.482. The van der Waals surface area contributed by atoms with Crippen LogP contribution < -0.4 is 15.4 Å². The summed E-state index contributed by atoms with van der Waals surface area (Å²) >= 11 is 0. The minimum absolute atomic E-state index is 0.276. The van der Waals surface area contributed by atoms with E-state index in [2.05, 4.69) is 20.5 Å². The number of hydrogen-bond acceptors (Lipinski definition) is 4. The number of guanidine groups is 1. The number of likely N-dealkylation sites (tertiary alicyclic amines) is 1. The van der Waals surface area contributed by atoms with Crippen molar-refractivity contribution in [3.05, 3.63) is 59.9 Å². The second kappa shape index (κ2) is 11.8. The minimum Gasteiger partial charge on any atom is -0.494 e. The molecule has 1 aliphatic heterocycles. The number of benzene rings is 2. The second-order valence-corrected chi connectivity index (χ2v) is 9.10. The maximum Gasteiger partial charge on any atom is 0.191 e. The number of rotatable bonds is 8. The Labute approximate surface area is 186 Å². The Morgan fingerprint density at radius 3 is 2.61 bits per heavy atom. The predicted molar refractivity (Wildman–Crippen MR) is 123 cm³/mol. The monoisotopic (exact) mass is 446 g/mol. The van der Waals surface area contributed by atoms with E-state index in [-0.39, 0.29) is 11.6 Å². The third-order valence-corrected chi connectivity index (χ3v) is 6.73. The van der Waals surface area contributed by atoms with E-state index < -0.39 is 10.8 Å². The van der Waals surface area contributed by atoms with Gasteiger partial charge in [-0.05, 0) is 42.7 Å². The third-order valence-electron chi connectivity index (χ3n) is 5.36. The fourth-order valence-electron chi connectivity index (χ4n) is 3.64. The molecule has 0 saturated carbocycles. The average Bonchev–Trinajstić information content (AvgIpc) is 2.80. The molecule has 0 spiro atoms. The standard InChI is InChI=1S/C23H31FN4O2S/c1-25-23(26-12-15-31(29)20-6-4-3-5-7-20)27-19-10-13-28(14-11-19)17-18-8-9-22(30-2)21(24)16-18/h3-9,16,19H,10-15,17H2,1-2H3,(H2,25,26,27). The van der Waals surface area contributed by atoms with Crippen LogP contribution in [0.25, 0.3) is 0 Å². The zero-order valence-corrected chi connectivity index (χ0v) is 19.0. The lowest BCUT2D eigenvalue weighted by atomic mass is 10.0. The van der Waals surface area contributed by atoms with Crippen molar-refractivity contribution in [1.29, 1.82) is 0 Å². The molecule has 1 atom stereocenters. The molecule has 2 aromatic carbocycles. The van der Waals surface area contributed by atoms with E-state index in [0.717, 1.165) is 48.9 Å². The summed E-state index contributed by atoms with van der Waals surface area (Å²) in [4.78, 5) is 7.47. The van der Waals surface area contributed by atoms with Crippen molar-refractivity contribution in [3.8, 4) is 5.75 Å². The first-order valence-electron chi connectivity index (χ1n) is 10.5. The second-order valence-electron chi connectivity index (χ2n) is 7.53. The molecule has 2 N–H and O–H groups in total. The van der Waals surface area contributed by atoms with E-state index in [4.69, 9.17) is 4.74 Å². The highest BCUT2D eigenvalue weighted by molar-refractivity contribution is 7.85. The van der Waals surface area contributed by atoms with Gasteiger partial charge in [-0.25, -0.2) is 4.39 Å². The summed E-state index contributed by atoms with van der Waals surface area (Å²) in [7, 11) is 2.20. The van der Waals surface area contributed by atoms with Crippen molar-refractivity contribution < 1.29 is 13.3 Å². The van der Waals surface area contributed by atoms with Gasteiger partial charge in [0, 0.05) is 49.9 Å². The molecule has 1 fully saturated rings. The largest absolute Gasteiger partial charge is 0.494 e. The van der Waals surface area contributed by atoms with Gasteiger partial charge in [0.1, 0.15) is 0 Å². The van der Waals surface area contributed by atoms with E-state index in [1.165, 1.54) is 7.11 Å². The summed E-state index contributed by atoms with van der Waals surface area (Å²) < 4.78 is 31.2.